The molecule has 0 saturated carbocycles. The molecule has 2 aromatic carbocycles. The minimum Gasteiger partial charge on any atom is -0.445 e. The molecule has 0 atom stereocenters. The van der Waals surface area contributed by atoms with Crippen LogP contribution in [-0.4, -0.2) is 12.6 Å². The van der Waals surface area contributed by atoms with Gasteiger partial charge in [-0.05, 0) is 23.3 Å². The van der Waals surface area contributed by atoms with Crippen LogP contribution in [0, 0.1) is 0 Å². The Labute approximate surface area is 132 Å². The summed E-state index contributed by atoms with van der Waals surface area (Å²) in [5.74, 6) is 0. The lowest BCUT2D eigenvalue weighted by atomic mass is 10.2. The number of benzene rings is 2. The number of carbonyl (C=O) groups excluding carboxylic acids is 1. The molecule has 0 aromatic heterocycles. The van der Waals surface area contributed by atoms with E-state index >= 15 is 0 Å². The van der Waals surface area contributed by atoms with Crippen molar-refractivity contribution in [2.75, 3.05) is 6.54 Å². The Bertz CT molecular complexity index is 594. The van der Waals surface area contributed by atoms with Gasteiger partial charge in [0.05, 0.1) is 0 Å². The Balaban J connectivity index is 1.68. The molecule has 0 radical (unpaired) electrons. The summed E-state index contributed by atoms with van der Waals surface area (Å²) in [6, 6.07) is 17.5. The Hall–Kier alpha value is -2.07. The molecule has 3 nitrogen and oxygen atoms in total. The predicted octanol–water partition coefficient (Wildman–Crippen LogP) is 4.39. The fourth-order valence-electron chi connectivity index (χ4n) is 1.69. The Kier molecular flexibility index (Phi) is 6.03. The first kappa shape index (κ1) is 15.3. The maximum absolute atomic E-state index is 11.5. The molecule has 1 N–H and O–H groups in total. The van der Waals surface area contributed by atoms with E-state index in [9.17, 15) is 4.79 Å². The molecule has 0 aliphatic carbocycles. The normalized spacial score (nSPS) is 10.5. The van der Waals surface area contributed by atoms with Crippen LogP contribution in [0.15, 0.2) is 65.1 Å². The van der Waals surface area contributed by atoms with Crippen molar-refractivity contribution in [1.29, 1.82) is 0 Å². The first-order chi connectivity index (χ1) is 10.2. The lowest BCUT2D eigenvalue weighted by Gasteiger charge is -2.05. The van der Waals surface area contributed by atoms with E-state index in [-0.39, 0.29) is 6.61 Å². The third kappa shape index (κ3) is 5.83. The second-order valence-corrected chi connectivity index (χ2v) is 5.31. The second kappa shape index (κ2) is 8.27. The molecule has 108 valence electrons. The summed E-state index contributed by atoms with van der Waals surface area (Å²) >= 11 is 3.39. The van der Waals surface area contributed by atoms with Gasteiger partial charge < -0.3 is 10.1 Å². The zero-order chi connectivity index (χ0) is 14.9. The number of rotatable bonds is 5. The van der Waals surface area contributed by atoms with E-state index in [0.717, 1.165) is 15.6 Å². The molecular weight excluding hydrogens is 330 g/mol. The van der Waals surface area contributed by atoms with Crippen molar-refractivity contribution in [3.8, 4) is 0 Å². The van der Waals surface area contributed by atoms with E-state index in [2.05, 4.69) is 21.2 Å². The number of amides is 1. The van der Waals surface area contributed by atoms with Crippen LogP contribution in [0.1, 0.15) is 11.1 Å². The number of halogens is 1. The minimum absolute atomic E-state index is 0.281. The molecule has 0 saturated heterocycles. The predicted molar refractivity (Wildman–Crippen MR) is 87.8 cm³/mol. The van der Waals surface area contributed by atoms with Gasteiger partial charge in [0.1, 0.15) is 6.61 Å². The SMILES string of the molecule is O=C(NC/C=C/c1ccc(Br)cc1)OCc1ccccc1. The number of alkyl carbamates (subject to hydrolysis) is 1. The number of hydrogen-bond donors (Lipinski definition) is 1. The number of hydrogen-bond acceptors (Lipinski definition) is 2. The summed E-state index contributed by atoms with van der Waals surface area (Å²) in [6.45, 7) is 0.715. The van der Waals surface area contributed by atoms with Gasteiger partial charge in [-0.25, -0.2) is 4.79 Å². The van der Waals surface area contributed by atoms with Crippen molar-refractivity contribution in [3.05, 3.63) is 76.3 Å². The van der Waals surface area contributed by atoms with Gasteiger partial charge in [0.25, 0.3) is 0 Å². The van der Waals surface area contributed by atoms with Gasteiger partial charge in [0.15, 0.2) is 0 Å². The van der Waals surface area contributed by atoms with E-state index in [1.807, 2.05) is 66.7 Å². The maximum Gasteiger partial charge on any atom is 0.407 e. The molecule has 0 unspecified atom stereocenters. The van der Waals surface area contributed by atoms with Crippen molar-refractivity contribution < 1.29 is 9.53 Å². The molecule has 0 fully saturated rings. The topological polar surface area (TPSA) is 38.3 Å². The second-order valence-electron chi connectivity index (χ2n) is 4.40. The quantitative estimate of drug-likeness (QED) is 0.872. The van der Waals surface area contributed by atoms with Crippen molar-refractivity contribution in [2.24, 2.45) is 0 Å². The summed E-state index contributed by atoms with van der Waals surface area (Å²) < 4.78 is 6.15. The van der Waals surface area contributed by atoms with Crippen LogP contribution in [0.3, 0.4) is 0 Å². The first-order valence-electron chi connectivity index (χ1n) is 6.61. The van der Waals surface area contributed by atoms with Gasteiger partial charge in [-0.15, -0.1) is 0 Å². The molecule has 0 spiro atoms. The van der Waals surface area contributed by atoms with E-state index in [4.69, 9.17) is 4.74 Å². The Morgan fingerprint density at radius 2 is 1.81 bits per heavy atom. The molecule has 0 heterocycles. The zero-order valence-electron chi connectivity index (χ0n) is 11.5. The van der Waals surface area contributed by atoms with Gasteiger partial charge in [0, 0.05) is 11.0 Å². The van der Waals surface area contributed by atoms with E-state index in [0.29, 0.717) is 6.54 Å². The summed E-state index contributed by atoms with van der Waals surface area (Å²) in [6.07, 6.45) is 3.41. The van der Waals surface area contributed by atoms with Gasteiger partial charge in [-0.1, -0.05) is 70.5 Å². The number of carbonyl (C=O) groups is 1. The molecule has 4 heteroatoms. The van der Waals surface area contributed by atoms with Gasteiger partial charge in [0.2, 0.25) is 0 Å². The lowest BCUT2D eigenvalue weighted by molar-refractivity contribution is 0.141. The van der Waals surface area contributed by atoms with Crippen LogP contribution < -0.4 is 5.32 Å². The molecule has 2 rings (SSSR count). The standard InChI is InChI=1S/C17H16BrNO2/c18-16-10-8-14(9-11-16)7-4-12-19-17(20)21-13-15-5-2-1-3-6-15/h1-11H,12-13H2,(H,19,20)/b7-4+. The van der Waals surface area contributed by atoms with E-state index in [1.165, 1.54) is 0 Å². The zero-order valence-corrected chi connectivity index (χ0v) is 13.0. The summed E-state index contributed by atoms with van der Waals surface area (Å²) in [5.41, 5.74) is 2.05. The smallest absolute Gasteiger partial charge is 0.407 e. The van der Waals surface area contributed by atoms with Gasteiger partial charge in [-0.2, -0.15) is 0 Å². The number of ether oxygens (including phenoxy) is 1. The van der Waals surface area contributed by atoms with Gasteiger partial charge >= 0.3 is 6.09 Å². The lowest BCUT2D eigenvalue weighted by Crippen LogP contribution is -2.24. The molecule has 0 aliphatic rings. The average Bonchev–Trinajstić information content (AvgIpc) is 2.52. The Morgan fingerprint density at radius 3 is 2.52 bits per heavy atom. The fraction of sp³-hybridized carbons (Fsp3) is 0.118. The van der Waals surface area contributed by atoms with Crippen molar-refractivity contribution >= 4 is 28.1 Å². The number of nitrogens with one attached hydrogen (secondary N) is 1. The maximum atomic E-state index is 11.5. The van der Waals surface area contributed by atoms with Gasteiger partial charge in [-0.3, -0.25) is 0 Å². The van der Waals surface area contributed by atoms with E-state index < -0.39 is 6.09 Å². The largest absolute Gasteiger partial charge is 0.445 e. The van der Waals surface area contributed by atoms with Crippen molar-refractivity contribution in [2.45, 2.75) is 6.61 Å². The van der Waals surface area contributed by atoms with Crippen LogP contribution >= 0.6 is 15.9 Å². The third-order valence-corrected chi connectivity index (χ3v) is 3.29. The van der Waals surface area contributed by atoms with Crippen LogP contribution in [-0.2, 0) is 11.3 Å². The highest BCUT2D eigenvalue weighted by Gasteiger charge is 1.99. The Morgan fingerprint density at radius 1 is 1.10 bits per heavy atom. The highest BCUT2D eigenvalue weighted by Crippen LogP contribution is 2.11. The van der Waals surface area contributed by atoms with Crippen molar-refractivity contribution in [3.63, 3.8) is 0 Å². The molecule has 0 bridgehead atoms. The molecular formula is C17H16BrNO2. The molecule has 1 amide bonds. The fourth-order valence-corrected chi connectivity index (χ4v) is 1.95. The minimum atomic E-state index is -0.417. The van der Waals surface area contributed by atoms with Crippen LogP contribution in [0.5, 0.6) is 0 Å². The van der Waals surface area contributed by atoms with Crippen molar-refractivity contribution in [1.82, 2.24) is 5.32 Å². The molecule has 21 heavy (non-hydrogen) atoms. The van der Waals surface area contributed by atoms with Crippen LogP contribution in [0.4, 0.5) is 4.79 Å². The molecule has 2 aromatic rings. The molecule has 0 aliphatic heterocycles. The van der Waals surface area contributed by atoms with E-state index in [1.54, 1.807) is 0 Å². The monoisotopic (exact) mass is 345 g/mol. The average molecular weight is 346 g/mol. The first-order valence-corrected chi connectivity index (χ1v) is 7.40. The van der Waals surface area contributed by atoms with Crippen LogP contribution in [0.25, 0.3) is 6.08 Å². The summed E-state index contributed by atoms with van der Waals surface area (Å²) in [4.78, 5) is 11.5. The third-order valence-electron chi connectivity index (χ3n) is 2.76. The summed E-state index contributed by atoms with van der Waals surface area (Å²) in [5, 5.41) is 2.68. The van der Waals surface area contributed by atoms with Crippen LogP contribution in [0.2, 0.25) is 0 Å². The highest BCUT2D eigenvalue weighted by molar-refractivity contribution is 9.10. The summed E-state index contributed by atoms with van der Waals surface area (Å²) in [7, 11) is 0. The highest BCUT2D eigenvalue weighted by atomic mass is 79.9.